The molecule has 1 aromatic rings. The first kappa shape index (κ1) is 9.62. The standard InChI is InChI=1S/C11H17N3/c12-10-4-1-5-11(10)14-8-9-3-2-6-13-7-9/h2-3,6-7,10-11,14H,1,4-5,8,12H2. The lowest BCUT2D eigenvalue weighted by Crippen LogP contribution is -2.40. The van der Waals surface area contributed by atoms with Crippen molar-refractivity contribution in [2.75, 3.05) is 0 Å². The topological polar surface area (TPSA) is 50.9 Å². The van der Waals surface area contributed by atoms with Crippen molar-refractivity contribution < 1.29 is 0 Å². The Bertz CT molecular complexity index is 273. The van der Waals surface area contributed by atoms with Crippen molar-refractivity contribution in [3.63, 3.8) is 0 Å². The van der Waals surface area contributed by atoms with E-state index in [0.717, 1.165) is 13.0 Å². The molecule has 1 saturated carbocycles. The summed E-state index contributed by atoms with van der Waals surface area (Å²) < 4.78 is 0. The van der Waals surface area contributed by atoms with Gasteiger partial charge in [-0.2, -0.15) is 0 Å². The Balaban J connectivity index is 1.82. The lowest BCUT2D eigenvalue weighted by Gasteiger charge is -2.16. The van der Waals surface area contributed by atoms with Gasteiger partial charge in [-0.25, -0.2) is 0 Å². The molecule has 76 valence electrons. The minimum Gasteiger partial charge on any atom is -0.326 e. The van der Waals surface area contributed by atoms with Crippen LogP contribution in [0.4, 0.5) is 0 Å². The quantitative estimate of drug-likeness (QED) is 0.751. The zero-order chi connectivity index (χ0) is 9.80. The van der Waals surface area contributed by atoms with Crippen molar-refractivity contribution in [2.45, 2.75) is 37.9 Å². The number of nitrogens with zero attached hydrogens (tertiary/aromatic N) is 1. The Morgan fingerprint density at radius 3 is 3.07 bits per heavy atom. The van der Waals surface area contributed by atoms with E-state index in [1.165, 1.54) is 18.4 Å². The Morgan fingerprint density at radius 2 is 2.43 bits per heavy atom. The van der Waals surface area contributed by atoms with Gasteiger partial charge in [-0.15, -0.1) is 0 Å². The van der Waals surface area contributed by atoms with Crippen LogP contribution in [-0.4, -0.2) is 17.1 Å². The number of nitrogens with two attached hydrogens (primary N) is 1. The molecule has 1 heterocycles. The number of hydrogen-bond donors (Lipinski definition) is 2. The first-order chi connectivity index (χ1) is 6.86. The van der Waals surface area contributed by atoms with Crippen LogP contribution in [0.5, 0.6) is 0 Å². The Labute approximate surface area is 84.7 Å². The highest BCUT2D eigenvalue weighted by atomic mass is 15.0. The van der Waals surface area contributed by atoms with Crippen LogP contribution in [0.1, 0.15) is 24.8 Å². The summed E-state index contributed by atoms with van der Waals surface area (Å²) in [7, 11) is 0. The van der Waals surface area contributed by atoms with Crippen molar-refractivity contribution in [1.82, 2.24) is 10.3 Å². The van der Waals surface area contributed by atoms with Gasteiger partial charge in [-0.1, -0.05) is 12.5 Å². The van der Waals surface area contributed by atoms with Crippen molar-refractivity contribution >= 4 is 0 Å². The van der Waals surface area contributed by atoms with Gasteiger partial charge in [0.25, 0.3) is 0 Å². The Morgan fingerprint density at radius 1 is 1.50 bits per heavy atom. The smallest absolute Gasteiger partial charge is 0.0312 e. The molecule has 0 aromatic carbocycles. The maximum atomic E-state index is 5.97. The van der Waals surface area contributed by atoms with Gasteiger partial charge >= 0.3 is 0 Å². The number of rotatable bonds is 3. The second kappa shape index (κ2) is 4.53. The predicted molar refractivity (Wildman–Crippen MR) is 56.7 cm³/mol. The molecule has 0 saturated heterocycles. The molecule has 3 heteroatoms. The largest absolute Gasteiger partial charge is 0.326 e. The summed E-state index contributed by atoms with van der Waals surface area (Å²) in [5, 5.41) is 3.48. The third kappa shape index (κ3) is 2.30. The van der Waals surface area contributed by atoms with Crippen LogP contribution < -0.4 is 11.1 Å². The summed E-state index contributed by atoms with van der Waals surface area (Å²) in [6.07, 6.45) is 7.32. The average Bonchev–Trinajstić information content (AvgIpc) is 2.63. The molecule has 1 aliphatic rings. The molecule has 2 unspecified atom stereocenters. The minimum absolute atomic E-state index is 0.340. The first-order valence-electron chi connectivity index (χ1n) is 5.24. The molecule has 1 aromatic heterocycles. The van der Waals surface area contributed by atoms with Crippen molar-refractivity contribution in [1.29, 1.82) is 0 Å². The predicted octanol–water partition coefficient (Wildman–Crippen LogP) is 1.05. The van der Waals surface area contributed by atoms with Crippen LogP contribution in [0.15, 0.2) is 24.5 Å². The summed E-state index contributed by atoms with van der Waals surface area (Å²) in [5.74, 6) is 0. The lowest BCUT2D eigenvalue weighted by atomic mass is 10.2. The molecular weight excluding hydrogens is 174 g/mol. The number of pyridine rings is 1. The highest BCUT2D eigenvalue weighted by Crippen LogP contribution is 2.17. The third-order valence-corrected chi connectivity index (χ3v) is 2.86. The first-order valence-corrected chi connectivity index (χ1v) is 5.24. The Kier molecular flexibility index (Phi) is 3.11. The van der Waals surface area contributed by atoms with Gasteiger partial charge < -0.3 is 11.1 Å². The van der Waals surface area contributed by atoms with E-state index in [1.807, 2.05) is 12.3 Å². The fourth-order valence-corrected chi connectivity index (χ4v) is 1.99. The van der Waals surface area contributed by atoms with Gasteiger partial charge in [0, 0.05) is 31.0 Å². The molecular formula is C11H17N3. The van der Waals surface area contributed by atoms with E-state index in [9.17, 15) is 0 Å². The second-order valence-corrected chi connectivity index (χ2v) is 3.94. The molecule has 0 amide bonds. The van der Waals surface area contributed by atoms with Crippen LogP contribution in [0.3, 0.4) is 0 Å². The molecule has 2 atom stereocenters. The molecule has 1 aliphatic carbocycles. The van der Waals surface area contributed by atoms with E-state index in [0.29, 0.717) is 12.1 Å². The van der Waals surface area contributed by atoms with E-state index in [-0.39, 0.29) is 0 Å². The molecule has 0 spiro atoms. The molecule has 2 rings (SSSR count). The summed E-state index contributed by atoms with van der Waals surface area (Å²) in [5.41, 5.74) is 7.19. The maximum Gasteiger partial charge on any atom is 0.0312 e. The maximum absolute atomic E-state index is 5.97. The number of nitrogens with one attached hydrogen (secondary N) is 1. The second-order valence-electron chi connectivity index (χ2n) is 3.94. The van der Waals surface area contributed by atoms with E-state index < -0.39 is 0 Å². The van der Waals surface area contributed by atoms with Crippen molar-refractivity contribution in [3.05, 3.63) is 30.1 Å². The minimum atomic E-state index is 0.340. The van der Waals surface area contributed by atoms with E-state index in [4.69, 9.17) is 5.73 Å². The number of aromatic nitrogens is 1. The molecule has 0 aliphatic heterocycles. The fraction of sp³-hybridized carbons (Fsp3) is 0.545. The molecule has 3 nitrogen and oxygen atoms in total. The lowest BCUT2D eigenvalue weighted by molar-refractivity contribution is 0.475. The van der Waals surface area contributed by atoms with Gasteiger partial charge in [0.1, 0.15) is 0 Å². The summed E-state index contributed by atoms with van der Waals surface area (Å²) in [4.78, 5) is 4.08. The van der Waals surface area contributed by atoms with Crippen LogP contribution in [-0.2, 0) is 6.54 Å². The molecule has 0 radical (unpaired) electrons. The van der Waals surface area contributed by atoms with Crippen molar-refractivity contribution in [2.24, 2.45) is 5.73 Å². The van der Waals surface area contributed by atoms with Gasteiger partial charge in [-0.05, 0) is 24.5 Å². The highest BCUT2D eigenvalue weighted by molar-refractivity contribution is 5.08. The van der Waals surface area contributed by atoms with Crippen LogP contribution >= 0.6 is 0 Å². The Hall–Kier alpha value is -0.930. The normalized spacial score (nSPS) is 26.6. The summed E-state index contributed by atoms with van der Waals surface area (Å²) >= 11 is 0. The van der Waals surface area contributed by atoms with Crippen LogP contribution in [0.2, 0.25) is 0 Å². The van der Waals surface area contributed by atoms with E-state index in [2.05, 4.69) is 16.4 Å². The van der Waals surface area contributed by atoms with Gasteiger partial charge in [0.15, 0.2) is 0 Å². The number of hydrogen-bond acceptors (Lipinski definition) is 3. The molecule has 0 bridgehead atoms. The van der Waals surface area contributed by atoms with Gasteiger partial charge in [0.2, 0.25) is 0 Å². The van der Waals surface area contributed by atoms with Crippen LogP contribution in [0.25, 0.3) is 0 Å². The molecule has 1 fully saturated rings. The zero-order valence-electron chi connectivity index (χ0n) is 8.32. The fourth-order valence-electron chi connectivity index (χ4n) is 1.99. The van der Waals surface area contributed by atoms with Crippen LogP contribution in [0, 0.1) is 0 Å². The van der Waals surface area contributed by atoms with E-state index in [1.54, 1.807) is 6.20 Å². The van der Waals surface area contributed by atoms with Gasteiger partial charge in [0.05, 0.1) is 0 Å². The average molecular weight is 191 g/mol. The zero-order valence-corrected chi connectivity index (χ0v) is 8.32. The molecule has 14 heavy (non-hydrogen) atoms. The third-order valence-electron chi connectivity index (χ3n) is 2.86. The van der Waals surface area contributed by atoms with E-state index >= 15 is 0 Å². The highest BCUT2D eigenvalue weighted by Gasteiger charge is 2.22. The van der Waals surface area contributed by atoms with Gasteiger partial charge in [-0.3, -0.25) is 4.98 Å². The monoisotopic (exact) mass is 191 g/mol. The summed E-state index contributed by atoms with van der Waals surface area (Å²) in [6, 6.07) is 4.88. The van der Waals surface area contributed by atoms with Crippen molar-refractivity contribution in [3.8, 4) is 0 Å². The molecule has 3 N–H and O–H groups in total. The SMILES string of the molecule is NC1CCCC1NCc1cccnc1. The summed E-state index contributed by atoms with van der Waals surface area (Å²) in [6.45, 7) is 0.881.